The van der Waals surface area contributed by atoms with Crippen molar-refractivity contribution in [3.05, 3.63) is 18.2 Å². The summed E-state index contributed by atoms with van der Waals surface area (Å²) >= 11 is 0. The van der Waals surface area contributed by atoms with Crippen LogP contribution in [0, 0.1) is 5.92 Å². The molecule has 4 heteroatoms. The van der Waals surface area contributed by atoms with Crippen molar-refractivity contribution in [1.82, 2.24) is 0 Å². The minimum absolute atomic E-state index is 0.0951. The highest BCUT2D eigenvalue weighted by Crippen LogP contribution is 2.32. The molecule has 1 aromatic rings. The molecule has 1 unspecified atom stereocenters. The molecule has 3 N–H and O–H groups in total. The first-order valence-electron chi connectivity index (χ1n) is 4.95. The van der Waals surface area contributed by atoms with Crippen LogP contribution in [0.3, 0.4) is 0 Å². The van der Waals surface area contributed by atoms with Gasteiger partial charge in [0.15, 0.2) is 6.10 Å². The van der Waals surface area contributed by atoms with Gasteiger partial charge in [-0.15, -0.1) is 0 Å². The summed E-state index contributed by atoms with van der Waals surface area (Å²) in [7, 11) is 0. The van der Waals surface area contributed by atoms with E-state index in [1.165, 1.54) is 0 Å². The molecule has 1 atom stereocenters. The van der Waals surface area contributed by atoms with Crippen molar-refractivity contribution in [2.75, 3.05) is 11.1 Å². The van der Waals surface area contributed by atoms with Crippen LogP contribution in [-0.4, -0.2) is 12.0 Å². The largest absolute Gasteiger partial charge is 0.478 e. The van der Waals surface area contributed by atoms with Crippen LogP contribution in [0.15, 0.2) is 18.2 Å². The Kier molecular flexibility index (Phi) is 2.26. The van der Waals surface area contributed by atoms with Crippen molar-refractivity contribution in [3.63, 3.8) is 0 Å². The average molecular weight is 206 g/mol. The number of benzene rings is 1. The molecule has 1 aromatic carbocycles. The highest BCUT2D eigenvalue weighted by Gasteiger charge is 2.29. The van der Waals surface area contributed by atoms with Crippen molar-refractivity contribution < 1.29 is 9.53 Å². The van der Waals surface area contributed by atoms with Gasteiger partial charge in [-0.2, -0.15) is 0 Å². The van der Waals surface area contributed by atoms with E-state index >= 15 is 0 Å². The summed E-state index contributed by atoms with van der Waals surface area (Å²) < 4.78 is 5.59. The topological polar surface area (TPSA) is 64.3 Å². The number of amides is 1. The predicted molar refractivity (Wildman–Crippen MR) is 58.7 cm³/mol. The Labute approximate surface area is 88.4 Å². The quantitative estimate of drug-likeness (QED) is 0.686. The third kappa shape index (κ3) is 1.75. The number of fused-ring (bicyclic) bond motifs is 1. The van der Waals surface area contributed by atoms with Gasteiger partial charge in [-0.3, -0.25) is 4.79 Å². The maximum Gasteiger partial charge on any atom is 0.265 e. The molecule has 0 saturated heterocycles. The molecular formula is C11H14N2O2. The Hall–Kier alpha value is -1.71. The first-order chi connectivity index (χ1) is 7.08. The summed E-state index contributed by atoms with van der Waals surface area (Å²) in [4.78, 5) is 11.6. The van der Waals surface area contributed by atoms with Crippen molar-refractivity contribution in [2.45, 2.75) is 20.0 Å². The van der Waals surface area contributed by atoms with Crippen molar-refractivity contribution >= 4 is 17.3 Å². The summed E-state index contributed by atoms with van der Waals surface area (Å²) in [5, 5.41) is 2.80. The van der Waals surface area contributed by atoms with Gasteiger partial charge in [0, 0.05) is 11.8 Å². The number of nitrogen functional groups attached to an aromatic ring is 1. The second-order valence-corrected chi connectivity index (χ2v) is 4.03. The number of nitrogens with two attached hydrogens (primary N) is 1. The second kappa shape index (κ2) is 3.46. The van der Waals surface area contributed by atoms with Crippen LogP contribution in [0.1, 0.15) is 13.8 Å². The number of hydrogen-bond acceptors (Lipinski definition) is 3. The van der Waals surface area contributed by atoms with Crippen molar-refractivity contribution in [2.24, 2.45) is 5.92 Å². The monoisotopic (exact) mass is 206 g/mol. The van der Waals surface area contributed by atoms with Crippen LogP contribution >= 0.6 is 0 Å². The minimum atomic E-state index is -0.431. The summed E-state index contributed by atoms with van der Waals surface area (Å²) in [6, 6.07) is 5.21. The van der Waals surface area contributed by atoms with Gasteiger partial charge >= 0.3 is 0 Å². The fourth-order valence-corrected chi connectivity index (χ4v) is 1.57. The minimum Gasteiger partial charge on any atom is -0.478 e. The normalized spacial score (nSPS) is 19.4. The van der Waals surface area contributed by atoms with E-state index in [9.17, 15) is 4.79 Å². The maximum atomic E-state index is 11.6. The van der Waals surface area contributed by atoms with Crippen LogP contribution < -0.4 is 15.8 Å². The van der Waals surface area contributed by atoms with Gasteiger partial charge in [-0.05, 0) is 18.1 Å². The third-order valence-corrected chi connectivity index (χ3v) is 2.38. The lowest BCUT2D eigenvalue weighted by Gasteiger charge is -2.28. The molecule has 0 spiro atoms. The summed E-state index contributed by atoms with van der Waals surface area (Å²) in [6.07, 6.45) is -0.431. The number of hydrogen-bond donors (Lipinski definition) is 2. The standard InChI is InChI=1S/C11H14N2O2/c1-6(2)10-11(14)13-8-4-3-7(12)5-9(8)15-10/h3-6,10H,12H2,1-2H3,(H,13,14). The summed E-state index contributed by atoms with van der Waals surface area (Å²) in [5.41, 5.74) is 6.96. The van der Waals surface area contributed by atoms with E-state index in [1.807, 2.05) is 13.8 Å². The van der Waals surface area contributed by atoms with E-state index in [4.69, 9.17) is 10.5 Å². The number of carbonyl (C=O) groups excluding carboxylic acids is 1. The molecule has 0 radical (unpaired) electrons. The molecule has 1 heterocycles. The lowest BCUT2D eigenvalue weighted by molar-refractivity contribution is -0.125. The Morgan fingerprint density at radius 3 is 2.87 bits per heavy atom. The van der Waals surface area contributed by atoms with Gasteiger partial charge in [-0.25, -0.2) is 0 Å². The molecule has 15 heavy (non-hydrogen) atoms. The van der Waals surface area contributed by atoms with E-state index in [2.05, 4.69) is 5.32 Å². The van der Waals surface area contributed by atoms with Crippen LogP contribution in [0.4, 0.5) is 11.4 Å². The lowest BCUT2D eigenvalue weighted by Crippen LogP contribution is -2.40. The van der Waals surface area contributed by atoms with Gasteiger partial charge in [0.05, 0.1) is 5.69 Å². The molecule has 0 aromatic heterocycles. The van der Waals surface area contributed by atoms with Gasteiger partial charge in [-0.1, -0.05) is 13.8 Å². The number of anilines is 2. The Balaban J connectivity index is 2.34. The fraction of sp³-hybridized carbons (Fsp3) is 0.364. The number of rotatable bonds is 1. The molecule has 1 aliphatic heterocycles. The number of ether oxygens (including phenoxy) is 1. The summed E-state index contributed by atoms with van der Waals surface area (Å²) in [6.45, 7) is 3.89. The molecule has 0 saturated carbocycles. The zero-order valence-electron chi connectivity index (χ0n) is 8.78. The van der Waals surface area contributed by atoms with Gasteiger partial charge in [0.1, 0.15) is 5.75 Å². The highest BCUT2D eigenvalue weighted by atomic mass is 16.5. The van der Waals surface area contributed by atoms with Crippen molar-refractivity contribution in [1.29, 1.82) is 0 Å². The zero-order chi connectivity index (χ0) is 11.0. The molecular weight excluding hydrogens is 192 g/mol. The van der Waals surface area contributed by atoms with E-state index in [-0.39, 0.29) is 11.8 Å². The van der Waals surface area contributed by atoms with E-state index in [1.54, 1.807) is 18.2 Å². The van der Waals surface area contributed by atoms with E-state index < -0.39 is 6.10 Å². The molecule has 0 fully saturated rings. The smallest absolute Gasteiger partial charge is 0.265 e. The fourth-order valence-electron chi connectivity index (χ4n) is 1.57. The van der Waals surface area contributed by atoms with Crippen LogP contribution in [0.25, 0.3) is 0 Å². The van der Waals surface area contributed by atoms with Gasteiger partial charge in [0.2, 0.25) is 0 Å². The van der Waals surface area contributed by atoms with E-state index in [0.29, 0.717) is 17.1 Å². The van der Waals surface area contributed by atoms with Crippen LogP contribution in [0.2, 0.25) is 0 Å². The average Bonchev–Trinajstić information content (AvgIpc) is 2.17. The first kappa shape index (κ1) is 9.83. The Bertz CT molecular complexity index is 402. The number of carbonyl (C=O) groups is 1. The lowest BCUT2D eigenvalue weighted by atomic mass is 10.0. The summed E-state index contributed by atoms with van der Waals surface area (Å²) in [5.74, 6) is 0.690. The van der Waals surface area contributed by atoms with Gasteiger partial charge in [0.25, 0.3) is 5.91 Å². The molecule has 0 bridgehead atoms. The predicted octanol–water partition coefficient (Wildman–Crippen LogP) is 1.62. The SMILES string of the molecule is CC(C)C1Oc2cc(N)ccc2NC1=O. The van der Waals surface area contributed by atoms with E-state index in [0.717, 1.165) is 0 Å². The van der Waals surface area contributed by atoms with Gasteiger partial charge < -0.3 is 15.8 Å². The molecule has 2 rings (SSSR count). The van der Waals surface area contributed by atoms with Crippen LogP contribution in [-0.2, 0) is 4.79 Å². The Morgan fingerprint density at radius 1 is 1.47 bits per heavy atom. The second-order valence-electron chi connectivity index (χ2n) is 4.03. The molecule has 4 nitrogen and oxygen atoms in total. The first-order valence-corrected chi connectivity index (χ1v) is 4.95. The highest BCUT2D eigenvalue weighted by molar-refractivity contribution is 5.98. The van der Waals surface area contributed by atoms with Crippen molar-refractivity contribution in [3.8, 4) is 5.75 Å². The number of nitrogens with one attached hydrogen (secondary N) is 1. The molecule has 80 valence electrons. The maximum absolute atomic E-state index is 11.6. The molecule has 0 aliphatic carbocycles. The third-order valence-electron chi connectivity index (χ3n) is 2.38. The molecule has 1 amide bonds. The Morgan fingerprint density at radius 2 is 2.20 bits per heavy atom. The zero-order valence-corrected chi connectivity index (χ0v) is 8.78. The van der Waals surface area contributed by atoms with Crippen LogP contribution in [0.5, 0.6) is 5.75 Å². The molecule has 1 aliphatic rings.